The van der Waals surface area contributed by atoms with E-state index in [9.17, 15) is 19.8 Å². The molecule has 0 atom stereocenters. The van der Waals surface area contributed by atoms with E-state index in [4.69, 9.17) is 9.97 Å². The number of hydrogen-bond acceptors (Lipinski definition) is 6. The van der Waals surface area contributed by atoms with Gasteiger partial charge >= 0.3 is 0 Å². The summed E-state index contributed by atoms with van der Waals surface area (Å²) < 4.78 is 0. The Kier molecular flexibility index (Phi) is 7.43. The van der Waals surface area contributed by atoms with Gasteiger partial charge in [0.1, 0.15) is 0 Å². The van der Waals surface area contributed by atoms with E-state index in [0.717, 1.165) is 78.3 Å². The van der Waals surface area contributed by atoms with Gasteiger partial charge in [0, 0.05) is 34.0 Å². The molecule has 0 aliphatic carbocycles. The number of carboxylic acid groups (broad SMARTS) is 2. The van der Waals surface area contributed by atoms with Crippen molar-refractivity contribution in [1.29, 1.82) is 0 Å². The molecular weight excluding hydrogens is 504 g/mol. The van der Waals surface area contributed by atoms with E-state index in [-0.39, 0.29) is 12.8 Å². The highest BCUT2D eigenvalue weighted by Crippen LogP contribution is 2.37. The maximum Gasteiger partial charge on any atom is 0.0694 e. The lowest BCUT2D eigenvalue weighted by atomic mass is 9.97. The van der Waals surface area contributed by atoms with Gasteiger partial charge in [0.25, 0.3) is 0 Å². The molecule has 5 rings (SSSR count). The van der Waals surface area contributed by atoms with Crippen molar-refractivity contribution in [2.75, 3.05) is 0 Å². The number of fused-ring (bicyclic) bond motifs is 8. The van der Waals surface area contributed by atoms with Crippen molar-refractivity contribution in [3.05, 3.63) is 70.3 Å². The third-order valence-electron chi connectivity index (χ3n) is 7.69. The zero-order valence-electron chi connectivity index (χ0n) is 23.2. The van der Waals surface area contributed by atoms with Crippen LogP contribution >= 0.6 is 0 Å². The topological polar surface area (TPSA) is 138 Å². The predicted molar refractivity (Wildman–Crippen MR) is 153 cm³/mol. The second-order valence-corrected chi connectivity index (χ2v) is 10.6. The van der Waals surface area contributed by atoms with Gasteiger partial charge in [-0.1, -0.05) is 0 Å². The molecule has 0 unspecified atom stereocenters. The SMILES string of the molecule is CC1=C(CCCC(=O)[O-])c2cc3nc(cc4[nH]c(cc4C)cc4[nH]c(cc1n2)cc4C)C(C)=C3CCCC(=O)[O-]. The summed E-state index contributed by atoms with van der Waals surface area (Å²) in [5.41, 5.74) is 13.1. The first-order chi connectivity index (χ1) is 19.1. The van der Waals surface area contributed by atoms with Gasteiger partial charge in [0.05, 0.1) is 22.8 Å². The Bertz CT molecular complexity index is 1750. The van der Waals surface area contributed by atoms with Gasteiger partial charge in [-0.25, -0.2) is 9.97 Å². The van der Waals surface area contributed by atoms with E-state index in [1.807, 2.05) is 32.0 Å². The molecule has 0 amide bonds. The average Bonchev–Trinajstić information content (AvgIpc) is 3.57. The highest BCUT2D eigenvalue weighted by atomic mass is 16.4. The molecule has 8 heteroatoms. The average molecular weight is 537 g/mol. The molecule has 8 nitrogen and oxygen atoms in total. The number of aromatic amines is 2. The molecule has 2 aliphatic rings. The molecule has 40 heavy (non-hydrogen) atoms. The minimum Gasteiger partial charge on any atom is -0.550 e. The lowest BCUT2D eigenvalue weighted by molar-refractivity contribution is -0.307. The van der Waals surface area contributed by atoms with E-state index in [0.29, 0.717) is 25.7 Å². The molecule has 0 spiro atoms. The van der Waals surface area contributed by atoms with Crippen molar-refractivity contribution in [3.8, 4) is 0 Å². The Labute approximate surface area is 232 Å². The molecule has 8 bridgehead atoms. The van der Waals surface area contributed by atoms with Crippen LogP contribution in [0.25, 0.3) is 44.4 Å². The van der Waals surface area contributed by atoms with Crippen LogP contribution in [0.2, 0.25) is 0 Å². The van der Waals surface area contributed by atoms with Crippen LogP contribution < -0.4 is 10.2 Å². The number of nitrogens with zero attached hydrogens (tertiary/aromatic N) is 2. The number of H-pyrrole nitrogens is 2. The van der Waals surface area contributed by atoms with Gasteiger partial charge in [-0.05, 0) is 136 Å². The lowest BCUT2D eigenvalue weighted by Gasteiger charge is -2.07. The van der Waals surface area contributed by atoms with Crippen LogP contribution in [0.5, 0.6) is 0 Å². The minimum atomic E-state index is -1.07. The Morgan fingerprint density at radius 2 is 1.07 bits per heavy atom. The number of aryl methyl sites for hydroxylation is 2. The summed E-state index contributed by atoms with van der Waals surface area (Å²) in [6.45, 7) is 8.13. The highest BCUT2D eigenvalue weighted by molar-refractivity contribution is 5.95. The molecule has 0 fully saturated rings. The van der Waals surface area contributed by atoms with Crippen molar-refractivity contribution in [1.82, 2.24) is 19.9 Å². The summed E-state index contributed by atoms with van der Waals surface area (Å²) in [4.78, 5) is 39.2. The van der Waals surface area contributed by atoms with Crippen LogP contribution in [0, 0.1) is 13.8 Å². The summed E-state index contributed by atoms with van der Waals surface area (Å²) >= 11 is 0. The van der Waals surface area contributed by atoms with Gasteiger partial charge in [-0.2, -0.15) is 0 Å². The minimum absolute atomic E-state index is 0.0310. The number of aliphatic carboxylic acids is 2. The van der Waals surface area contributed by atoms with Crippen LogP contribution in [-0.4, -0.2) is 31.9 Å². The first-order valence-electron chi connectivity index (χ1n) is 13.6. The number of hydrogen-bond donors (Lipinski definition) is 2. The lowest BCUT2D eigenvalue weighted by Crippen LogP contribution is -2.21. The van der Waals surface area contributed by atoms with Crippen molar-refractivity contribution < 1.29 is 19.8 Å². The number of carboxylic acids is 2. The molecule has 0 radical (unpaired) electrons. The fourth-order valence-corrected chi connectivity index (χ4v) is 5.45. The van der Waals surface area contributed by atoms with E-state index in [2.05, 4.69) is 42.0 Å². The van der Waals surface area contributed by atoms with Crippen molar-refractivity contribution in [3.63, 3.8) is 0 Å². The number of nitrogens with one attached hydrogen (secondary N) is 2. The van der Waals surface area contributed by atoms with Gasteiger partial charge in [0.2, 0.25) is 0 Å². The number of carbonyl (C=O) groups is 2. The maximum absolute atomic E-state index is 11.1. The standard InChI is InChI=1S/C32H34N4O4/c1-17-11-22-14-27-19(3)23(7-5-9-31(37)38)29(35-27)16-30-24(8-6-10-32(39)40)20(4)28(36-30)15-26-18(2)12-21(34-26)13-25(17)33-22/h11-16,33-34H,5-10H2,1-4H3,(H,37,38)(H,39,40)/p-2. The Morgan fingerprint density at radius 1 is 0.625 bits per heavy atom. The van der Waals surface area contributed by atoms with Crippen LogP contribution in [0.15, 0.2) is 36.4 Å². The Morgan fingerprint density at radius 3 is 1.57 bits per heavy atom. The maximum atomic E-state index is 11.1. The fourth-order valence-electron chi connectivity index (χ4n) is 5.45. The number of allylic oxidation sites excluding steroid dienone is 4. The molecule has 2 aliphatic heterocycles. The van der Waals surface area contributed by atoms with E-state index < -0.39 is 11.9 Å². The first kappa shape index (κ1) is 27.1. The quantitative estimate of drug-likeness (QED) is 0.430. The van der Waals surface area contributed by atoms with Gasteiger partial charge in [-0.3, -0.25) is 0 Å². The van der Waals surface area contributed by atoms with E-state index in [1.54, 1.807) is 0 Å². The van der Waals surface area contributed by atoms with E-state index in [1.165, 1.54) is 0 Å². The molecule has 0 saturated heterocycles. The third-order valence-corrected chi connectivity index (χ3v) is 7.69. The highest BCUT2D eigenvalue weighted by Gasteiger charge is 2.21. The Balaban J connectivity index is 1.77. The van der Waals surface area contributed by atoms with Gasteiger partial charge < -0.3 is 29.8 Å². The van der Waals surface area contributed by atoms with Crippen molar-refractivity contribution >= 4 is 56.3 Å². The third kappa shape index (κ3) is 5.61. The normalized spacial score (nSPS) is 13.3. The summed E-state index contributed by atoms with van der Waals surface area (Å²) in [6, 6.07) is 12.3. The van der Waals surface area contributed by atoms with Gasteiger partial charge in [-0.15, -0.1) is 0 Å². The van der Waals surface area contributed by atoms with Crippen molar-refractivity contribution in [2.45, 2.75) is 66.2 Å². The van der Waals surface area contributed by atoms with Crippen LogP contribution in [0.4, 0.5) is 0 Å². The smallest absolute Gasteiger partial charge is 0.0694 e. The van der Waals surface area contributed by atoms with Gasteiger partial charge in [0.15, 0.2) is 0 Å². The van der Waals surface area contributed by atoms with Crippen molar-refractivity contribution in [2.24, 2.45) is 0 Å². The molecule has 3 aromatic rings. The molecular formula is C32H32N4O4-2. The summed E-state index contributed by atoms with van der Waals surface area (Å²) in [5, 5.41) is 22.2. The van der Waals surface area contributed by atoms with Crippen LogP contribution in [-0.2, 0) is 9.59 Å². The monoisotopic (exact) mass is 536 g/mol. The summed E-state index contributed by atoms with van der Waals surface area (Å²) in [7, 11) is 0. The predicted octanol–water partition coefficient (Wildman–Crippen LogP) is 4.63. The zero-order chi connectivity index (χ0) is 28.6. The second-order valence-electron chi connectivity index (χ2n) is 10.6. The molecule has 0 aromatic carbocycles. The van der Waals surface area contributed by atoms with E-state index >= 15 is 0 Å². The summed E-state index contributed by atoms with van der Waals surface area (Å²) in [5.74, 6) is -2.14. The molecule has 206 valence electrons. The summed E-state index contributed by atoms with van der Waals surface area (Å²) in [6.07, 6.45) is 1.90. The number of carbonyl (C=O) groups excluding carboxylic acids is 2. The molecule has 5 heterocycles. The van der Waals surface area contributed by atoms with Crippen LogP contribution in [0.1, 0.15) is 86.3 Å². The van der Waals surface area contributed by atoms with Crippen LogP contribution in [0.3, 0.4) is 0 Å². The zero-order valence-corrected chi connectivity index (χ0v) is 23.2. The second kappa shape index (κ2) is 11.0. The molecule has 0 saturated carbocycles. The molecule has 2 N–H and O–H groups in total. The number of rotatable bonds is 8. The largest absolute Gasteiger partial charge is 0.550 e. The number of aromatic nitrogens is 4. The molecule has 3 aromatic heterocycles. The first-order valence-corrected chi connectivity index (χ1v) is 13.6. The Hall–Kier alpha value is -4.46. The fraction of sp³-hybridized carbons (Fsp3) is 0.312.